The Balaban J connectivity index is 2.25. The van der Waals surface area contributed by atoms with E-state index in [0.717, 1.165) is 19.1 Å². The fraction of sp³-hybridized carbons (Fsp3) is 0.200. The number of nitrogens with zero attached hydrogens (tertiary/aromatic N) is 1. The van der Waals surface area contributed by atoms with Gasteiger partial charge in [-0.05, 0) is 31.2 Å². The van der Waals surface area contributed by atoms with Crippen molar-refractivity contribution in [3.63, 3.8) is 0 Å². The van der Waals surface area contributed by atoms with Gasteiger partial charge in [0.05, 0.1) is 11.3 Å². The molecule has 5 nitrogen and oxygen atoms in total. The van der Waals surface area contributed by atoms with E-state index in [1.165, 1.54) is 0 Å². The van der Waals surface area contributed by atoms with Crippen LogP contribution in [0.15, 0.2) is 41.6 Å². The molecule has 1 N–H and O–H groups in total. The summed E-state index contributed by atoms with van der Waals surface area (Å²) in [6, 6.07) is 3.32. The van der Waals surface area contributed by atoms with E-state index < -0.39 is 55.1 Å². The van der Waals surface area contributed by atoms with Crippen LogP contribution in [0.2, 0.25) is 0 Å². The number of pyridine rings is 1. The summed E-state index contributed by atoms with van der Waals surface area (Å²) in [6.45, 7) is 0.946. The molecule has 0 saturated heterocycles. The maximum atomic E-state index is 13.5. The van der Waals surface area contributed by atoms with Crippen LogP contribution in [0, 0.1) is 11.6 Å². The zero-order valence-electron chi connectivity index (χ0n) is 13.0. The molecule has 0 radical (unpaired) electrons. The fourth-order valence-corrected chi connectivity index (χ4v) is 3.03. The summed E-state index contributed by atoms with van der Waals surface area (Å²) in [6.07, 6.45) is -4.38. The first kappa shape index (κ1) is 19.8. The highest BCUT2D eigenvalue weighted by molar-refractivity contribution is 7.92. The number of halogens is 5. The number of hydrogen-bond acceptors (Lipinski definition) is 4. The number of amides is 1. The van der Waals surface area contributed by atoms with Crippen molar-refractivity contribution in [2.24, 2.45) is 0 Å². The highest BCUT2D eigenvalue weighted by Crippen LogP contribution is 2.29. The minimum atomic E-state index is -4.70. The Kier molecular flexibility index (Phi) is 5.31. The van der Waals surface area contributed by atoms with Crippen LogP contribution in [0.3, 0.4) is 0 Å². The second kappa shape index (κ2) is 6.98. The lowest BCUT2D eigenvalue weighted by atomic mass is 10.3. The summed E-state index contributed by atoms with van der Waals surface area (Å²) < 4.78 is 88.7. The molecule has 0 aliphatic rings. The SMILES string of the molecule is CC(C(=O)Nc1cc(F)ccc1F)S(=O)(=O)c1ccc(C(F)(F)F)cn1. The van der Waals surface area contributed by atoms with E-state index in [1.807, 2.05) is 5.32 Å². The van der Waals surface area contributed by atoms with Crippen LogP contribution in [0.1, 0.15) is 12.5 Å². The first-order valence-corrected chi connectivity index (χ1v) is 8.50. The van der Waals surface area contributed by atoms with Crippen molar-refractivity contribution in [2.75, 3.05) is 5.32 Å². The van der Waals surface area contributed by atoms with E-state index in [4.69, 9.17) is 0 Å². The number of aromatic nitrogens is 1. The first-order valence-electron chi connectivity index (χ1n) is 6.96. The maximum absolute atomic E-state index is 13.5. The van der Waals surface area contributed by atoms with Gasteiger partial charge in [0.1, 0.15) is 16.9 Å². The first-order chi connectivity index (χ1) is 11.9. The number of hydrogen-bond donors (Lipinski definition) is 1. The number of anilines is 1. The van der Waals surface area contributed by atoms with Gasteiger partial charge in [-0.25, -0.2) is 22.2 Å². The van der Waals surface area contributed by atoms with Crippen molar-refractivity contribution in [1.29, 1.82) is 0 Å². The molecule has 1 aromatic carbocycles. The van der Waals surface area contributed by atoms with E-state index in [1.54, 1.807) is 0 Å². The lowest BCUT2D eigenvalue weighted by Crippen LogP contribution is -2.33. The molecule has 0 spiro atoms. The van der Waals surface area contributed by atoms with E-state index in [0.29, 0.717) is 24.4 Å². The maximum Gasteiger partial charge on any atom is 0.417 e. The Labute approximate surface area is 144 Å². The molecule has 2 aromatic rings. The largest absolute Gasteiger partial charge is 0.417 e. The minimum absolute atomic E-state index is 0.323. The van der Waals surface area contributed by atoms with Crippen LogP contribution in [0.4, 0.5) is 27.6 Å². The third-order valence-electron chi connectivity index (χ3n) is 3.38. The zero-order chi connectivity index (χ0) is 19.7. The van der Waals surface area contributed by atoms with E-state index in [2.05, 4.69) is 4.98 Å². The van der Waals surface area contributed by atoms with Crippen LogP contribution in [0.25, 0.3) is 0 Å². The van der Waals surface area contributed by atoms with Gasteiger partial charge in [-0.3, -0.25) is 4.79 Å². The minimum Gasteiger partial charge on any atom is -0.322 e. The number of alkyl halides is 3. The quantitative estimate of drug-likeness (QED) is 0.809. The van der Waals surface area contributed by atoms with Crippen molar-refractivity contribution in [2.45, 2.75) is 23.4 Å². The highest BCUT2D eigenvalue weighted by Gasteiger charge is 2.34. The topological polar surface area (TPSA) is 76.1 Å². The Hall–Kier alpha value is -2.56. The Morgan fingerprint density at radius 1 is 1.15 bits per heavy atom. The van der Waals surface area contributed by atoms with Gasteiger partial charge >= 0.3 is 6.18 Å². The summed E-state index contributed by atoms with van der Waals surface area (Å²) >= 11 is 0. The molecule has 26 heavy (non-hydrogen) atoms. The average Bonchev–Trinajstić information content (AvgIpc) is 2.56. The number of benzene rings is 1. The predicted octanol–water partition coefficient (Wildman–Crippen LogP) is 3.18. The van der Waals surface area contributed by atoms with Gasteiger partial charge in [-0.2, -0.15) is 13.2 Å². The second-order valence-electron chi connectivity index (χ2n) is 5.18. The number of carbonyl (C=O) groups excluding carboxylic acids is 1. The molecule has 1 aromatic heterocycles. The van der Waals surface area contributed by atoms with Crippen molar-refractivity contribution < 1.29 is 35.2 Å². The number of nitrogens with one attached hydrogen (secondary N) is 1. The molecule has 0 aliphatic heterocycles. The van der Waals surface area contributed by atoms with Gasteiger partial charge in [-0.15, -0.1) is 0 Å². The predicted molar refractivity (Wildman–Crippen MR) is 80.9 cm³/mol. The summed E-state index contributed by atoms with van der Waals surface area (Å²) in [5.41, 5.74) is -1.73. The standard InChI is InChI=1S/C15H11F5N2O3S/c1-8(14(23)22-12-6-10(16)3-4-11(12)17)26(24,25)13-5-2-9(7-21-13)15(18,19)20/h2-8H,1H3,(H,22,23). The third-order valence-corrected chi connectivity index (χ3v) is 5.35. The number of sulfone groups is 1. The molecule has 0 fully saturated rings. The van der Waals surface area contributed by atoms with Crippen molar-refractivity contribution in [3.05, 3.63) is 53.7 Å². The van der Waals surface area contributed by atoms with Gasteiger partial charge < -0.3 is 5.32 Å². The Bertz CT molecular complexity index is 927. The van der Waals surface area contributed by atoms with Crippen LogP contribution >= 0.6 is 0 Å². The summed E-state index contributed by atoms with van der Waals surface area (Å²) in [5.74, 6) is -3.05. The third kappa shape index (κ3) is 4.15. The zero-order valence-corrected chi connectivity index (χ0v) is 13.8. The summed E-state index contributed by atoms with van der Waals surface area (Å²) in [5, 5.41) is -0.646. The highest BCUT2D eigenvalue weighted by atomic mass is 32.2. The van der Waals surface area contributed by atoms with Crippen LogP contribution < -0.4 is 5.32 Å². The average molecular weight is 394 g/mol. The molecule has 140 valence electrons. The van der Waals surface area contributed by atoms with Gasteiger partial charge in [-0.1, -0.05) is 0 Å². The molecule has 0 saturated carbocycles. The van der Waals surface area contributed by atoms with Gasteiger partial charge in [0, 0.05) is 12.3 Å². The Morgan fingerprint density at radius 3 is 2.35 bits per heavy atom. The monoisotopic (exact) mass is 394 g/mol. The normalized spacial score (nSPS) is 13.3. The van der Waals surface area contributed by atoms with E-state index in [-0.39, 0.29) is 0 Å². The molecule has 11 heteroatoms. The van der Waals surface area contributed by atoms with Crippen molar-refractivity contribution >= 4 is 21.4 Å². The molecule has 0 aliphatic carbocycles. The van der Waals surface area contributed by atoms with Crippen molar-refractivity contribution in [3.8, 4) is 0 Å². The van der Waals surface area contributed by atoms with Crippen LogP contribution in [0.5, 0.6) is 0 Å². The Morgan fingerprint density at radius 2 is 1.81 bits per heavy atom. The molecule has 0 bridgehead atoms. The lowest BCUT2D eigenvalue weighted by molar-refractivity contribution is -0.137. The molecular formula is C15H11F5N2O3S. The lowest BCUT2D eigenvalue weighted by Gasteiger charge is -2.14. The van der Waals surface area contributed by atoms with Gasteiger partial charge in [0.25, 0.3) is 0 Å². The van der Waals surface area contributed by atoms with E-state index >= 15 is 0 Å². The van der Waals surface area contributed by atoms with E-state index in [9.17, 15) is 35.2 Å². The molecular weight excluding hydrogens is 383 g/mol. The molecule has 1 amide bonds. The van der Waals surface area contributed by atoms with Crippen molar-refractivity contribution in [1.82, 2.24) is 4.98 Å². The molecule has 1 atom stereocenters. The second-order valence-corrected chi connectivity index (χ2v) is 7.40. The van der Waals surface area contributed by atoms with Crippen LogP contribution in [-0.2, 0) is 20.8 Å². The van der Waals surface area contributed by atoms with Crippen LogP contribution in [-0.4, -0.2) is 24.6 Å². The fourth-order valence-electron chi connectivity index (χ4n) is 1.87. The molecule has 1 unspecified atom stereocenters. The number of carbonyl (C=O) groups is 1. The van der Waals surface area contributed by atoms with Gasteiger partial charge in [0.15, 0.2) is 5.03 Å². The molecule has 2 rings (SSSR count). The summed E-state index contributed by atoms with van der Waals surface area (Å²) in [4.78, 5) is 15.3. The number of rotatable bonds is 4. The summed E-state index contributed by atoms with van der Waals surface area (Å²) in [7, 11) is -4.45. The smallest absolute Gasteiger partial charge is 0.322 e. The van der Waals surface area contributed by atoms with Gasteiger partial charge in [0.2, 0.25) is 15.7 Å². The molecule has 1 heterocycles.